The van der Waals surface area contributed by atoms with E-state index in [2.05, 4.69) is 15.3 Å². The van der Waals surface area contributed by atoms with Crippen LogP contribution in [0.15, 0.2) is 6.20 Å². The average Bonchev–Trinajstić information content (AvgIpc) is 2.36. The molecule has 7 heteroatoms. The van der Waals surface area contributed by atoms with E-state index in [1.54, 1.807) is 13.8 Å². The number of hydrogen-bond donors (Lipinski definition) is 2. The maximum Gasteiger partial charge on any atom is 0.341 e. The zero-order chi connectivity index (χ0) is 16.0. The highest BCUT2D eigenvalue weighted by Crippen LogP contribution is 2.18. The van der Waals surface area contributed by atoms with Crippen molar-refractivity contribution in [2.45, 2.75) is 46.1 Å². The van der Waals surface area contributed by atoms with Crippen LogP contribution in [0, 0.1) is 6.92 Å². The van der Waals surface area contributed by atoms with Crippen LogP contribution in [0.3, 0.4) is 0 Å². The van der Waals surface area contributed by atoms with Crippen LogP contribution in [-0.4, -0.2) is 39.2 Å². The van der Waals surface area contributed by atoms with Crippen molar-refractivity contribution >= 4 is 17.9 Å². The van der Waals surface area contributed by atoms with Gasteiger partial charge in [-0.1, -0.05) is 0 Å². The van der Waals surface area contributed by atoms with Crippen molar-refractivity contribution in [3.8, 4) is 0 Å². The van der Waals surface area contributed by atoms with Gasteiger partial charge in [-0.3, -0.25) is 4.79 Å². The zero-order valence-corrected chi connectivity index (χ0v) is 12.8. The molecule has 0 saturated carbocycles. The van der Waals surface area contributed by atoms with Crippen LogP contribution in [0.25, 0.3) is 0 Å². The van der Waals surface area contributed by atoms with Gasteiger partial charge in [-0.05, 0) is 34.1 Å². The molecule has 0 unspecified atom stereocenters. The Morgan fingerprint density at radius 1 is 1.43 bits per heavy atom. The van der Waals surface area contributed by atoms with Crippen LogP contribution in [0.5, 0.6) is 0 Å². The summed E-state index contributed by atoms with van der Waals surface area (Å²) in [5.74, 6) is -0.942. The van der Waals surface area contributed by atoms with Gasteiger partial charge in [0.15, 0.2) is 0 Å². The molecule has 1 aromatic heterocycles. The summed E-state index contributed by atoms with van der Waals surface area (Å²) in [6.45, 7) is 7.46. The summed E-state index contributed by atoms with van der Waals surface area (Å²) in [7, 11) is 0. The van der Waals surface area contributed by atoms with E-state index < -0.39 is 17.5 Å². The molecule has 0 aliphatic carbocycles. The number of aromatic nitrogens is 2. The van der Waals surface area contributed by atoms with Crippen molar-refractivity contribution in [3.05, 3.63) is 17.5 Å². The smallest absolute Gasteiger partial charge is 0.341 e. The summed E-state index contributed by atoms with van der Waals surface area (Å²) in [6.07, 6.45) is 1.90. The molecular formula is C14H21N3O4. The number of carboxylic acids is 1. The molecule has 0 amide bonds. The SMILES string of the molecule is CCOC(=O)c1cnc(NC(C)(C)CCC(=O)O)nc1C. The summed E-state index contributed by atoms with van der Waals surface area (Å²) in [6, 6.07) is 0. The highest BCUT2D eigenvalue weighted by Gasteiger charge is 2.21. The number of nitrogens with one attached hydrogen (secondary N) is 1. The Labute approximate surface area is 123 Å². The first-order valence-electron chi connectivity index (χ1n) is 6.76. The molecule has 0 aromatic carbocycles. The molecule has 0 aliphatic heterocycles. The van der Waals surface area contributed by atoms with E-state index >= 15 is 0 Å². The first-order chi connectivity index (χ1) is 9.75. The van der Waals surface area contributed by atoms with Crippen LogP contribution < -0.4 is 5.32 Å². The minimum atomic E-state index is -0.848. The Balaban J connectivity index is 2.79. The number of aryl methyl sites for hydroxylation is 1. The number of anilines is 1. The van der Waals surface area contributed by atoms with E-state index in [1.165, 1.54) is 6.20 Å². The summed E-state index contributed by atoms with van der Waals surface area (Å²) in [5, 5.41) is 11.8. The molecule has 0 spiro atoms. The van der Waals surface area contributed by atoms with Crippen molar-refractivity contribution in [1.29, 1.82) is 0 Å². The van der Waals surface area contributed by atoms with Crippen LogP contribution in [-0.2, 0) is 9.53 Å². The van der Waals surface area contributed by atoms with Gasteiger partial charge in [0.2, 0.25) is 5.95 Å². The van der Waals surface area contributed by atoms with Crippen LogP contribution >= 0.6 is 0 Å². The normalized spacial score (nSPS) is 11.0. The van der Waals surface area contributed by atoms with Gasteiger partial charge in [0.05, 0.1) is 17.9 Å². The van der Waals surface area contributed by atoms with Crippen LogP contribution in [0.4, 0.5) is 5.95 Å². The monoisotopic (exact) mass is 295 g/mol. The molecule has 0 radical (unpaired) electrons. The largest absolute Gasteiger partial charge is 0.481 e. The highest BCUT2D eigenvalue weighted by molar-refractivity contribution is 5.90. The molecule has 0 fully saturated rings. The molecule has 1 rings (SSSR count). The van der Waals surface area contributed by atoms with Gasteiger partial charge in [0.1, 0.15) is 0 Å². The number of hydrogen-bond acceptors (Lipinski definition) is 6. The number of rotatable bonds is 7. The lowest BCUT2D eigenvalue weighted by molar-refractivity contribution is -0.137. The predicted molar refractivity (Wildman–Crippen MR) is 77.3 cm³/mol. The number of carboxylic acid groups (broad SMARTS) is 1. The Bertz CT molecular complexity index is 529. The van der Waals surface area contributed by atoms with Crippen LogP contribution in [0.1, 0.15) is 49.7 Å². The standard InChI is InChI=1S/C14H21N3O4/c1-5-21-12(20)10-8-15-13(16-9(10)2)17-14(3,4)7-6-11(18)19/h8H,5-7H2,1-4H3,(H,18,19)(H,15,16,17). The molecule has 116 valence electrons. The first-order valence-corrected chi connectivity index (χ1v) is 6.76. The average molecular weight is 295 g/mol. The summed E-state index contributed by atoms with van der Waals surface area (Å²) < 4.78 is 4.91. The second kappa shape index (κ2) is 7.01. The summed E-state index contributed by atoms with van der Waals surface area (Å²) in [5.41, 5.74) is 0.377. The fourth-order valence-corrected chi connectivity index (χ4v) is 1.72. The molecule has 7 nitrogen and oxygen atoms in total. The lowest BCUT2D eigenvalue weighted by atomic mass is 9.99. The van der Waals surface area contributed by atoms with Gasteiger partial charge in [0.25, 0.3) is 0 Å². The van der Waals surface area contributed by atoms with Gasteiger partial charge in [-0.25, -0.2) is 14.8 Å². The molecule has 21 heavy (non-hydrogen) atoms. The maximum atomic E-state index is 11.7. The minimum Gasteiger partial charge on any atom is -0.481 e. The predicted octanol–water partition coefficient (Wildman–Crippen LogP) is 2.02. The van der Waals surface area contributed by atoms with Crippen molar-refractivity contribution in [3.63, 3.8) is 0 Å². The van der Waals surface area contributed by atoms with Crippen molar-refractivity contribution in [1.82, 2.24) is 9.97 Å². The number of carbonyl (C=O) groups is 2. The topological polar surface area (TPSA) is 101 Å². The molecule has 0 bridgehead atoms. The number of ether oxygens (including phenoxy) is 1. The van der Waals surface area contributed by atoms with Crippen molar-refractivity contribution in [2.75, 3.05) is 11.9 Å². The maximum absolute atomic E-state index is 11.7. The third-order valence-electron chi connectivity index (χ3n) is 2.89. The van der Waals surface area contributed by atoms with Gasteiger partial charge in [-0.2, -0.15) is 0 Å². The molecule has 1 heterocycles. The van der Waals surface area contributed by atoms with E-state index in [0.29, 0.717) is 30.2 Å². The third kappa shape index (κ3) is 5.37. The number of aliphatic carboxylic acids is 1. The number of esters is 1. The minimum absolute atomic E-state index is 0.0554. The lowest BCUT2D eigenvalue weighted by Crippen LogP contribution is -2.32. The van der Waals surface area contributed by atoms with E-state index in [4.69, 9.17) is 9.84 Å². The Morgan fingerprint density at radius 2 is 2.10 bits per heavy atom. The van der Waals surface area contributed by atoms with Crippen molar-refractivity contribution < 1.29 is 19.4 Å². The van der Waals surface area contributed by atoms with E-state index in [1.807, 2.05) is 13.8 Å². The van der Waals surface area contributed by atoms with Gasteiger partial charge in [0, 0.05) is 18.2 Å². The third-order valence-corrected chi connectivity index (χ3v) is 2.89. The second-order valence-corrected chi connectivity index (χ2v) is 5.32. The van der Waals surface area contributed by atoms with Gasteiger partial charge < -0.3 is 15.2 Å². The van der Waals surface area contributed by atoms with Gasteiger partial charge >= 0.3 is 11.9 Å². The van der Waals surface area contributed by atoms with E-state index in [-0.39, 0.29) is 6.42 Å². The fourth-order valence-electron chi connectivity index (χ4n) is 1.72. The van der Waals surface area contributed by atoms with Crippen LogP contribution in [0.2, 0.25) is 0 Å². The number of nitrogens with zero attached hydrogens (tertiary/aromatic N) is 2. The molecular weight excluding hydrogens is 274 g/mol. The molecule has 2 N–H and O–H groups in total. The Hall–Kier alpha value is -2.18. The summed E-state index contributed by atoms with van der Waals surface area (Å²) >= 11 is 0. The summed E-state index contributed by atoms with van der Waals surface area (Å²) in [4.78, 5) is 30.6. The zero-order valence-electron chi connectivity index (χ0n) is 12.8. The second-order valence-electron chi connectivity index (χ2n) is 5.32. The number of carbonyl (C=O) groups excluding carboxylic acids is 1. The Morgan fingerprint density at radius 3 is 2.62 bits per heavy atom. The van der Waals surface area contributed by atoms with Gasteiger partial charge in [-0.15, -0.1) is 0 Å². The molecule has 0 aliphatic rings. The Kier molecular flexibility index (Phi) is 5.63. The molecule has 0 saturated heterocycles. The van der Waals surface area contributed by atoms with E-state index in [0.717, 1.165) is 0 Å². The fraction of sp³-hybridized carbons (Fsp3) is 0.571. The molecule has 1 aromatic rings. The first kappa shape index (κ1) is 16.9. The van der Waals surface area contributed by atoms with E-state index in [9.17, 15) is 9.59 Å². The quantitative estimate of drug-likeness (QED) is 0.742. The van der Waals surface area contributed by atoms with Crippen molar-refractivity contribution in [2.24, 2.45) is 0 Å². The molecule has 0 atom stereocenters. The lowest BCUT2D eigenvalue weighted by Gasteiger charge is -2.25. The highest BCUT2D eigenvalue weighted by atomic mass is 16.5.